The van der Waals surface area contributed by atoms with Gasteiger partial charge in [-0.1, -0.05) is 6.07 Å². The van der Waals surface area contributed by atoms with E-state index in [0.717, 1.165) is 5.56 Å². The second kappa shape index (κ2) is 6.38. The van der Waals surface area contributed by atoms with Gasteiger partial charge in [0, 0.05) is 33.4 Å². The molecule has 0 fully saturated rings. The molecular formula is C20H15BFN5O3. The third-order valence-corrected chi connectivity index (χ3v) is 5.34. The number of rotatable bonds is 2. The zero-order valence-corrected chi connectivity index (χ0v) is 15.7. The summed E-state index contributed by atoms with van der Waals surface area (Å²) in [7, 11) is -1.71. The van der Waals surface area contributed by atoms with Crippen LogP contribution in [0.5, 0.6) is 0 Å². The number of nitrogens with zero attached hydrogens (tertiary/aromatic N) is 2. The Morgan fingerprint density at radius 1 is 1.10 bits per heavy atom. The van der Waals surface area contributed by atoms with Gasteiger partial charge in [0.15, 0.2) is 0 Å². The minimum absolute atomic E-state index is 0.0123. The number of nitrogens with one attached hydrogen (secondary N) is 2. The molecule has 10 heteroatoms. The molecule has 0 saturated carbocycles. The van der Waals surface area contributed by atoms with Crippen LogP contribution in [0.1, 0.15) is 5.56 Å². The van der Waals surface area contributed by atoms with E-state index in [2.05, 4.69) is 20.2 Å². The van der Waals surface area contributed by atoms with E-state index in [-0.39, 0.29) is 16.7 Å². The number of nitrogen functional groups attached to an aromatic ring is 1. The molecule has 0 spiro atoms. The van der Waals surface area contributed by atoms with Crippen LogP contribution >= 0.6 is 0 Å². The molecule has 6 N–H and O–H groups in total. The standard InChI is InChI=1S/C20H15BFN5O3/c1-8-4-11-15(10-2-3-14(22)19-13(10)7-25-27-19)16(23)20(28)26-18(11)12-5-9(21(29)30)6-24-17(8)12/h2-7,29-30H,23H2,1H3,(H,25,27)(H,26,28). The molecule has 0 aliphatic heterocycles. The van der Waals surface area contributed by atoms with Gasteiger partial charge in [0.2, 0.25) is 0 Å². The molecule has 0 aliphatic rings. The van der Waals surface area contributed by atoms with Crippen molar-refractivity contribution >= 4 is 51.0 Å². The lowest BCUT2D eigenvalue weighted by molar-refractivity contribution is 0.425. The Balaban J connectivity index is 1.99. The molecule has 0 radical (unpaired) electrons. The maximum Gasteiger partial charge on any atom is 0.490 e. The fourth-order valence-electron chi connectivity index (χ4n) is 3.91. The van der Waals surface area contributed by atoms with Gasteiger partial charge in [-0.3, -0.25) is 14.9 Å². The van der Waals surface area contributed by atoms with Crippen molar-refractivity contribution in [2.24, 2.45) is 0 Å². The second-order valence-corrected chi connectivity index (χ2v) is 7.15. The average molecular weight is 403 g/mol. The summed E-state index contributed by atoms with van der Waals surface area (Å²) in [6.07, 6.45) is 2.85. The number of hydrogen-bond acceptors (Lipinski definition) is 6. The number of H-pyrrole nitrogens is 2. The summed E-state index contributed by atoms with van der Waals surface area (Å²) in [6.45, 7) is 1.85. The minimum Gasteiger partial charge on any atom is -0.423 e. The minimum atomic E-state index is -1.71. The van der Waals surface area contributed by atoms with Crippen molar-refractivity contribution in [3.8, 4) is 11.1 Å². The molecule has 0 saturated heterocycles. The quantitative estimate of drug-likeness (QED) is 0.223. The number of fused-ring (bicyclic) bond motifs is 4. The fourth-order valence-corrected chi connectivity index (χ4v) is 3.91. The van der Waals surface area contributed by atoms with Gasteiger partial charge in [0.1, 0.15) is 17.0 Å². The van der Waals surface area contributed by atoms with E-state index in [0.29, 0.717) is 38.3 Å². The highest BCUT2D eigenvalue weighted by atomic mass is 19.1. The molecule has 2 aromatic carbocycles. The maximum absolute atomic E-state index is 14.2. The van der Waals surface area contributed by atoms with E-state index in [9.17, 15) is 19.2 Å². The lowest BCUT2D eigenvalue weighted by atomic mass is 9.80. The van der Waals surface area contributed by atoms with Crippen LogP contribution in [0.4, 0.5) is 10.1 Å². The van der Waals surface area contributed by atoms with Crippen LogP contribution in [0.25, 0.3) is 43.8 Å². The highest BCUT2D eigenvalue weighted by Gasteiger charge is 2.20. The van der Waals surface area contributed by atoms with E-state index in [1.807, 2.05) is 13.0 Å². The molecule has 5 rings (SSSR count). The van der Waals surface area contributed by atoms with Crippen molar-refractivity contribution in [1.29, 1.82) is 0 Å². The summed E-state index contributed by atoms with van der Waals surface area (Å²) in [5, 5.41) is 27.3. The SMILES string of the molecule is Cc1cc2c(-c3ccc(F)c4[nH]ncc34)c(N)c(=O)[nH]c2c2cc(B(O)O)cnc12. The van der Waals surface area contributed by atoms with Gasteiger partial charge in [-0.2, -0.15) is 5.10 Å². The Morgan fingerprint density at radius 2 is 1.90 bits per heavy atom. The number of pyridine rings is 2. The molecule has 8 nitrogen and oxygen atoms in total. The Morgan fingerprint density at radius 3 is 2.67 bits per heavy atom. The molecular weight excluding hydrogens is 388 g/mol. The summed E-state index contributed by atoms with van der Waals surface area (Å²) in [6, 6.07) is 6.26. The fraction of sp³-hybridized carbons (Fsp3) is 0.0500. The van der Waals surface area contributed by atoms with Crippen molar-refractivity contribution in [2.75, 3.05) is 5.73 Å². The smallest absolute Gasteiger partial charge is 0.423 e. The summed E-state index contributed by atoms with van der Waals surface area (Å²) >= 11 is 0. The number of aromatic nitrogens is 4. The van der Waals surface area contributed by atoms with Crippen LogP contribution in [0.15, 0.2) is 41.5 Å². The summed E-state index contributed by atoms with van der Waals surface area (Å²) in [4.78, 5) is 19.8. The molecule has 148 valence electrons. The number of aryl methyl sites for hydroxylation is 1. The van der Waals surface area contributed by atoms with Gasteiger partial charge in [0.05, 0.1) is 17.2 Å². The van der Waals surface area contributed by atoms with Crippen LogP contribution < -0.4 is 16.8 Å². The lowest BCUT2D eigenvalue weighted by Gasteiger charge is -2.14. The number of anilines is 1. The van der Waals surface area contributed by atoms with Gasteiger partial charge in [0.25, 0.3) is 5.56 Å². The molecule has 0 atom stereocenters. The highest BCUT2D eigenvalue weighted by molar-refractivity contribution is 6.58. The van der Waals surface area contributed by atoms with E-state index in [1.165, 1.54) is 18.5 Å². The molecule has 3 aromatic heterocycles. The average Bonchev–Trinajstić information content (AvgIpc) is 3.22. The molecule has 0 aliphatic carbocycles. The Hall–Kier alpha value is -3.76. The van der Waals surface area contributed by atoms with Crippen molar-refractivity contribution in [1.82, 2.24) is 20.2 Å². The normalized spacial score (nSPS) is 11.6. The predicted molar refractivity (Wildman–Crippen MR) is 114 cm³/mol. The summed E-state index contributed by atoms with van der Waals surface area (Å²) in [5.41, 5.74) is 8.91. The van der Waals surface area contributed by atoms with Crippen LogP contribution in [0.3, 0.4) is 0 Å². The van der Waals surface area contributed by atoms with E-state index < -0.39 is 18.5 Å². The van der Waals surface area contributed by atoms with E-state index >= 15 is 0 Å². The van der Waals surface area contributed by atoms with Gasteiger partial charge >= 0.3 is 7.12 Å². The zero-order chi connectivity index (χ0) is 21.2. The second-order valence-electron chi connectivity index (χ2n) is 7.15. The summed E-state index contributed by atoms with van der Waals surface area (Å²) in [5.74, 6) is -0.466. The van der Waals surface area contributed by atoms with Crippen LogP contribution in [0, 0.1) is 12.7 Å². The largest absolute Gasteiger partial charge is 0.490 e. The predicted octanol–water partition coefficient (Wildman–Crippen LogP) is 1.33. The Bertz CT molecular complexity index is 1540. The molecule has 0 bridgehead atoms. The van der Waals surface area contributed by atoms with E-state index in [1.54, 1.807) is 12.1 Å². The van der Waals surface area contributed by atoms with E-state index in [4.69, 9.17) is 5.73 Å². The molecule has 0 amide bonds. The van der Waals surface area contributed by atoms with Crippen LogP contribution in [-0.4, -0.2) is 37.3 Å². The first-order valence-electron chi connectivity index (χ1n) is 9.09. The Kier molecular flexibility index (Phi) is 3.89. The van der Waals surface area contributed by atoms with Gasteiger partial charge < -0.3 is 20.8 Å². The first-order valence-corrected chi connectivity index (χ1v) is 9.09. The topological polar surface area (TPSA) is 141 Å². The zero-order valence-electron chi connectivity index (χ0n) is 15.7. The number of hydrogen-bond donors (Lipinski definition) is 5. The van der Waals surface area contributed by atoms with Crippen LogP contribution in [0.2, 0.25) is 0 Å². The Labute approximate surface area is 168 Å². The number of aromatic amines is 2. The first-order chi connectivity index (χ1) is 14.4. The molecule has 3 heterocycles. The molecule has 0 unspecified atom stereocenters. The third-order valence-electron chi connectivity index (χ3n) is 5.34. The molecule has 30 heavy (non-hydrogen) atoms. The summed E-state index contributed by atoms with van der Waals surface area (Å²) < 4.78 is 14.2. The monoisotopic (exact) mass is 403 g/mol. The first kappa shape index (κ1) is 18.3. The number of nitrogens with two attached hydrogens (primary N) is 1. The van der Waals surface area contributed by atoms with Gasteiger partial charge in [-0.15, -0.1) is 0 Å². The van der Waals surface area contributed by atoms with Gasteiger partial charge in [-0.05, 0) is 36.2 Å². The van der Waals surface area contributed by atoms with Crippen molar-refractivity contribution < 1.29 is 14.4 Å². The van der Waals surface area contributed by atoms with Crippen molar-refractivity contribution in [2.45, 2.75) is 6.92 Å². The van der Waals surface area contributed by atoms with Crippen molar-refractivity contribution in [3.63, 3.8) is 0 Å². The highest BCUT2D eigenvalue weighted by Crippen LogP contribution is 2.38. The van der Waals surface area contributed by atoms with Crippen molar-refractivity contribution in [3.05, 3.63) is 58.4 Å². The number of benzene rings is 2. The van der Waals surface area contributed by atoms with Crippen LogP contribution in [-0.2, 0) is 0 Å². The lowest BCUT2D eigenvalue weighted by Crippen LogP contribution is -2.30. The molecule has 5 aromatic rings. The number of halogens is 1. The maximum atomic E-state index is 14.2. The third kappa shape index (κ3) is 2.51. The van der Waals surface area contributed by atoms with Gasteiger partial charge in [-0.25, -0.2) is 4.39 Å².